The molecule has 0 saturated heterocycles. The molecule has 1 fully saturated rings. The lowest BCUT2D eigenvalue weighted by molar-refractivity contribution is 0.0795. The molecule has 0 radical (unpaired) electrons. The highest BCUT2D eigenvalue weighted by Gasteiger charge is 2.30. The van der Waals surface area contributed by atoms with Crippen molar-refractivity contribution in [1.29, 1.82) is 0 Å². The zero-order valence-electron chi connectivity index (χ0n) is 12.7. The Kier molecular flexibility index (Phi) is 3.53. The first-order chi connectivity index (χ1) is 11.2. The van der Waals surface area contributed by atoms with Crippen molar-refractivity contribution >= 4 is 22.2 Å². The number of pyridine rings is 1. The first-order valence-corrected chi connectivity index (χ1v) is 8.40. The summed E-state index contributed by atoms with van der Waals surface area (Å²) < 4.78 is 1.73. The highest BCUT2D eigenvalue weighted by molar-refractivity contribution is 7.18. The van der Waals surface area contributed by atoms with Crippen molar-refractivity contribution in [1.82, 2.24) is 29.7 Å². The lowest BCUT2D eigenvalue weighted by Gasteiger charge is -2.15. The number of hydrogen-bond acceptors (Lipinski definition) is 6. The first kappa shape index (κ1) is 14.3. The van der Waals surface area contributed by atoms with Crippen molar-refractivity contribution in [3.63, 3.8) is 0 Å². The molecule has 4 rings (SSSR count). The van der Waals surface area contributed by atoms with E-state index in [1.807, 2.05) is 12.1 Å². The van der Waals surface area contributed by atoms with Crippen molar-refractivity contribution in [3.05, 3.63) is 40.9 Å². The summed E-state index contributed by atoms with van der Waals surface area (Å²) in [4.78, 5) is 18.9. The van der Waals surface area contributed by atoms with E-state index >= 15 is 0 Å². The predicted molar refractivity (Wildman–Crippen MR) is 85.5 cm³/mol. The first-order valence-electron chi connectivity index (χ1n) is 7.59. The number of fused-ring (bicyclic) bond motifs is 1. The Morgan fingerprint density at radius 3 is 2.87 bits per heavy atom. The molecule has 118 valence electrons. The third-order valence-corrected chi connectivity index (χ3v) is 4.86. The zero-order valence-corrected chi connectivity index (χ0v) is 13.5. The molecule has 7 nitrogen and oxygen atoms in total. The van der Waals surface area contributed by atoms with Gasteiger partial charge in [-0.15, -0.1) is 15.3 Å². The lowest BCUT2D eigenvalue weighted by atomic mass is 10.2. The van der Waals surface area contributed by atoms with E-state index in [9.17, 15) is 4.79 Å². The van der Waals surface area contributed by atoms with Crippen LogP contribution in [0.2, 0.25) is 0 Å². The molecule has 0 aromatic carbocycles. The molecule has 0 bridgehead atoms. The molecule has 1 aliphatic rings. The number of aromatic nitrogens is 5. The van der Waals surface area contributed by atoms with Gasteiger partial charge in [0.25, 0.3) is 5.91 Å². The van der Waals surface area contributed by atoms with Gasteiger partial charge in [0.2, 0.25) is 9.97 Å². The summed E-state index contributed by atoms with van der Waals surface area (Å²) in [6.07, 6.45) is 6.59. The Bertz CT molecular complexity index is 838. The predicted octanol–water partition coefficient (Wildman–Crippen LogP) is 1.77. The molecule has 23 heavy (non-hydrogen) atoms. The number of likely N-dealkylation sites (N-methyl/N-ethyl adjacent to an activating group) is 1. The van der Waals surface area contributed by atoms with E-state index in [2.05, 4.69) is 20.3 Å². The van der Waals surface area contributed by atoms with E-state index in [0.717, 1.165) is 30.7 Å². The monoisotopic (exact) mass is 328 g/mol. The standard InChI is InChI=1S/C15H16N6OS/c1-20(9-6-10-4-7-16-8-5-10)14(22)13-19-21-12(11-2-3-11)17-18-15(21)23-13/h4-5,7-8,11H,2-3,6,9H2,1H3. The van der Waals surface area contributed by atoms with Gasteiger partial charge in [0.15, 0.2) is 5.82 Å². The molecule has 0 atom stereocenters. The summed E-state index contributed by atoms with van der Waals surface area (Å²) in [7, 11) is 1.80. The van der Waals surface area contributed by atoms with Crippen molar-refractivity contribution < 1.29 is 4.79 Å². The van der Waals surface area contributed by atoms with Crippen LogP contribution in [0.15, 0.2) is 24.5 Å². The summed E-state index contributed by atoms with van der Waals surface area (Å²) in [5.41, 5.74) is 1.16. The van der Waals surface area contributed by atoms with Crippen LogP contribution in [-0.4, -0.2) is 49.2 Å². The van der Waals surface area contributed by atoms with Crippen LogP contribution in [0, 0.1) is 0 Å². The number of carbonyl (C=O) groups is 1. The summed E-state index contributed by atoms with van der Waals surface area (Å²) >= 11 is 1.30. The summed E-state index contributed by atoms with van der Waals surface area (Å²) in [6, 6.07) is 3.92. The maximum absolute atomic E-state index is 12.5. The molecule has 1 aliphatic carbocycles. The van der Waals surface area contributed by atoms with E-state index in [1.165, 1.54) is 11.3 Å². The highest BCUT2D eigenvalue weighted by atomic mass is 32.1. The average molecular weight is 328 g/mol. The minimum Gasteiger partial charge on any atom is -0.339 e. The number of nitrogens with zero attached hydrogens (tertiary/aromatic N) is 6. The summed E-state index contributed by atoms with van der Waals surface area (Å²) in [5, 5.41) is 13.2. The minimum absolute atomic E-state index is 0.0729. The topological polar surface area (TPSA) is 76.3 Å². The van der Waals surface area contributed by atoms with Gasteiger partial charge < -0.3 is 4.90 Å². The second kappa shape index (κ2) is 5.69. The SMILES string of the molecule is CN(CCc1ccncc1)C(=O)c1nn2c(C3CC3)nnc2s1. The van der Waals surface area contributed by atoms with Crippen LogP contribution in [0.1, 0.15) is 39.9 Å². The number of rotatable bonds is 5. The molecule has 0 unspecified atom stereocenters. The van der Waals surface area contributed by atoms with Crippen molar-refractivity contribution in [2.45, 2.75) is 25.2 Å². The fourth-order valence-electron chi connectivity index (χ4n) is 2.43. The maximum Gasteiger partial charge on any atom is 0.284 e. The Balaban J connectivity index is 1.47. The molecule has 0 spiro atoms. The highest BCUT2D eigenvalue weighted by Crippen LogP contribution is 2.39. The Morgan fingerprint density at radius 2 is 2.13 bits per heavy atom. The third-order valence-electron chi connectivity index (χ3n) is 3.97. The van der Waals surface area contributed by atoms with Crippen LogP contribution in [0.4, 0.5) is 0 Å². The van der Waals surface area contributed by atoms with Crippen LogP contribution >= 0.6 is 11.3 Å². The van der Waals surface area contributed by atoms with Gasteiger partial charge in [-0.25, -0.2) is 0 Å². The van der Waals surface area contributed by atoms with Crippen LogP contribution < -0.4 is 0 Å². The van der Waals surface area contributed by atoms with Gasteiger partial charge in [0.1, 0.15) is 0 Å². The fraction of sp³-hybridized carbons (Fsp3) is 0.400. The van der Waals surface area contributed by atoms with Gasteiger partial charge in [-0.05, 0) is 37.0 Å². The van der Waals surface area contributed by atoms with E-state index in [-0.39, 0.29) is 5.91 Å². The molecule has 0 aliphatic heterocycles. The van der Waals surface area contributed by atoms with E-state index in [4.69, 9.17) is 0 Å². The quantitative estimate of drug-likeness (QED) is 0.713. The van der Waals surface area contributed by atoms with Crippen LogP contribution in [-0.2, 0) is 6.42 Å². The Morgan fingerprint density at radius 1 is 1.35 bits per heavy atom. The smallest absolute Gasteiger partial charge is 0.284 e. The molecule has 8 heteroatoms. The number of amides is 1. The Labute approximate surface area is 137 Å². The zero-order chi connectivity index (χ0) is 15.8. The van der Waals surface area contributed by atoms with Crippen molar-refractivity contribution in [3.8, 4) is 0 Å². The minimum atomic E-state index is -0.0729. The number of carbonyl (C=O) groups excluding carboxylic acids is 1. The normalized spacial score (nSPS) is 14.3. The van der Waals surface area contributed by atoms with Gasteiger partial charge in [0.05, 0.1) is 0 Å². The molecule has 0 N–H and O–H groups in total. The van der Waals surface area contributed by atoms with Crippen LogP contribution in [0.3, 0.4) is 0 Å². The second-order valence-corrected chi connectivity index (χ2v) is 6.72. The lowest BCUT2D eigenvalue weighted by Crippen LogP contribution is -2.28. The van der Waals surface area contributed by atoms with Gasteiger partial charge in [-0.3, -0.25) is 9.78 Å². The van der Waals surface area contributed by atoms with Gasteiger partial charge in [-0.2, -0.15) is 4.52 Å². The molecule has 3 aromatic rings. The molecule has 1 amide bonds. The van der Waals surface area contributed by atoms with Gasteiger partial charge in [0, 0.05) is 31.9 Å². The molecular formula is C15H16N6OS. The van der Waals surface area contributed by atoms with Crippen molar-refractivity contribution in [2.75, 3.05) is 13.6 Å². The van der Waals surface area contributed by atoms with Gasteiger partial charge in [-0.1, -0.05) is 11.3 Å². The Hall–Kier alpha value is -2.35. The molecular weight excluding hydrogens is 312 g/mol. The van der Waals surface area contributed by atoms with E-state index < -0.39 is 0 Å². The summed E-state index contributed by atoms with van der Waals surface area (Å²) in [6.45, 7) is 0.637. The summed E-state index contributed by atoms with van der Waals surface area (Å²) in [5.74, 6) is 1.27. The number of hydrogen-bond donors (Lipinski definition) is 0. The van der Waals surface area contributed by atoms with Crippen LogP contribution in [0.5, 0.6) is 0 Å². The van der Waals surface area contributed by atoms with Crippen LogP contribution in [0.25, 0.3) is 4.96 Å². The van der Waals surface area contributed by atoms with E-state index in [0.29, 0.717) is 22.4 Å². The molecule has 1 saturated carbocycles. The molecule has 3 heterocycles. The third kappa shape index (κ3) is 2.81. The van der Waals surface area contributed by atoms with Gasteiger partial charge >= 0.3 is 0 Å². The molecule has 3 aromatic heterocycles. The fourth-order valence-corrected chi connectivity index (χ4v) is 3.27. The maximum atomic E-state index is 12.5. The largest absolute Gasteiger partial charge is 0.339 e. The second-order valence-electron chi connectivity index (χ2n) is 5.77. The van der Waals surface area contributed by atoms with Crippen molar-refractivity contribution in [2.24, 2.45) is 0 Å². The average Bonchev–Trinajstić information content (AvgIpc) is 3.20. The van der Waals surface area contributed by atoms with E-state index in [1.54, 1.807) is 28.9 Å².